The standard InChI is InChI=1S/C25H25N5OS/c1-4-23-28-22(16-32-23)25(31)30-13-11-29(12-14-30)19-8-6-18(7-9-19)24-17(2)5-10-21(27-3)20(24)15-26/h1,5-10,15-16,26-27H,11-14H2,2-3H3. The van der Waals surface area contributed by atoms with Crippen LogP contribution in [0.15, 0.2) is 41.8 Å². The lowest BCUT2D eigenvalue weighted by atomic mass is 9.94. The van der Waals surface area contributed by atoms with E-state index in [2.05, 4.69) is 58.4 Å². The van der Waals surface area contributed by atoms with Crippen molar-refractivity contribution >= 4 is 34.8 Å². The molecule has 0 radical (unpaired) electrons. The van der Waals surface area contributed by atoms with Gasteiger partial charge in [-0.15, -0.1) is 17.8 Å². The number of thiazole rings is 1. The van der Waals surface area contributed by atoms with Crippen LogP contribution in [-0.4, -0.2) is 55.2 Å². The molecule has 2 N–H and O–H groups in total. The summed E-state index contributed by atoms with van der Waals surface area (Å²) in [6, 6.07) is 12.5. The third kappa shape index (κ3) is 4.10. The summed E-state index contributed by atoms with van der Waals surface area (Å²) < 4.78 is 0. The fourth-order valence-electron chi connectivity index (χ4n) is 4.09. The zero-order chi connectivity index (χ0) is 22.7. The van der Waals surface area contributed by atoms with Gasteiger partial charge in [0, 0.05) is 61.8 Å². The van der Waals surface area contributed by atoms with Crippen molar-refractivity contribution in [1.82, 2.24) is 9.88 Å². The molecule has 1 amide bonds. The zero-order valence-electron chi connectivity index (χ0n) is 18.2. The lowest BCUT2D eigenvalue weighted by molar-refractivity contribution is 0.0741. The Morgan fingerprint density at radius 2 is 1.91 bits per heavy atom. The number of terminal acetylenes is 1. The van der Waals surface area contributed by atoms with E-state index in [9.17, 15) is 4.79 Å². The van der Waals surface area contributed by atoms with Gasteiger partial charge in [0.05, 0.1) is 0 Å². The van der Waals surface area contributed by atoms with Gasteiger partial charge in [-0.05, 0) is 47.7 Å². The molecule has 1 aromatic heterocycles. The van der Waals surface area contributed by atoms with E-state index in [4.69, 9.17) is 11.8 Å². The van der Waals surface area contributed by atoms with Crippen LogP contribution < -0.4 is 10.2 Å². The van der Waals surface area contributed by atoms with Crippen LogP contribution in [-0.2, 0) is 0 Å². The van der Waals surface area contributed by atoms with Gasteiger partial charge in [-0.25, -0.2) is 4.98 Å². The van der Waals surface area contributed by atoms with E-state index >= 15 is 0 Å². The van der Waals surface area contributed by atoms with Crippen LogP contribution >= 0.6 is 11.3 Å². The number of hydrogen-bond donors (Lipinski definition) is 2. The molecule has 1 aliphatic rings. The number of benzene rings is 2. The minimum Gasteiger partial charge on any atom is -0.388 e. The first-order valence-corrected chi connectivity index (χ1v) is 11.3. The van der Waals surface area contributed by atoms with E-state index < -0.39 is 0 Å². The summed E-state index contributed by atoms with van der Waals surface area (Å²) in [5.41, 5.74) is 6.69. The second kappa shape index (κ2) is 9.25. The number of rotatable bonds is 5. The summed E-state index contributed by atoms with van der Waals surface area (Å²) in [7, 11) is 1.87. The molecule has 6 nitrogen and oxygen atoms in total. The lowest BCUT2D eigenvalue weighted by Gasteiger charge is -2.36. The van der Waals surface area contributed by atoms with Crippen molar-refractivity contribution in [1.29, 1.82) is 5.41 Å². The molecule has 0 saturated carbocycles. The number of amides is 1. The second-order valence-corrected chi connectivity index (χ2v) is 8.48. The maximum Gasteiger partial charge on any atom is 0.273 e. The highest BCUT2D eigenvalue weighted by atomic mass is 32.1. The normalized spacial score (nSPS) is 13.5. The number of hydrogen-bond acceptors (Lipinski definition) is 6. The second-order valence-electron chi connectivity index (χ2n) is 7.62. The third-order valence-corrected chi connectivity index (χ3v) is 6.58. The van der Waals surface area contributed by atoms with E-state index in [1.54, 1.807) is 5.38 Å². The summed E-state index contributed by atoms with van der Waals surface area (Å²) in [5.74, 6) is 2.42. The Kier molecular flexibility index (Phi) is 6.24. The van der Waals surface area contributed by atoms with Gasteiger partial charge in [0.2, 0.25) is 0 Å². The van der Waals surface area contributed by atoms with Gasteiger partial charge in [-0.2, -0.15) is 0 Å². The van der Waals surface area contributed by atoms with Crippen molar-refractivity contribution in [3.8, 4) is 23.5 Å². The highest BCUT2D eigenvalue weighted by molar-refractivity contribution is 7.10. The number of anilines is 2. The Morgan fingerprint density at radius 1 is 1.19 bits per heavy atom. The van der Waals surface area contributed by atoms with Crippen LogP contribution in [0.5, 0.6) is 0 Å². The number of nitrogens with one attached hydrogen (secondary N) is 2. The monoisotopic (exact) mass is 443 g/mol. The number of aromatic nitrogens is 1. The number of piperazine rings is 1. The zero-order valence-corrected chi connectivity index (χ0v) is 19.0. The highest BCUT2D eigenvalue weighted by Crippen LogP contribution is 2.32. The average Bonchev–Trinajstić information content (AvgIpc) is 3.33. The van der Waals surface area contributed by atoms with Crippen LogP contribution in [0.25, 0.3) is 11.1 Å². The molecular weight excluding hydrogens is 418 g/mol. The van der Waals surface area contributed by atoms with Crippen molar-refractivity contribution in [2.75, 3.05) is 43.4 Å². The van der Waals surface area contributed by atoms with Crippen LogP contribution in [0.3, 0.4) is 0 Å². The molecule has 0 bridgehead atoms. The van der Waals surface area contributed by atoms with Gasteiger partial charge in [0.15, 0.2) is 5.01 Å². The number of carbonyl (C=O) groups excluding carboxylic acids is 1. The van der Waals surface area contributed by atoms with Crippen molar-refractivity contribution < 1.29 is 4.79 Å². The van der Waals surface area contributed by atoms with Gasteiger partial charge in [0.25, 0.3) is 5.91 Å². The first-order chi connectivity index (χ1) is 15.5. The minimum atomic E-state index is -0.0585. The SMILES string of the molecule is C#Cc1nc(C(=O)N2CCN(c3ccc(-c4c(C)ccc(NC)c4C=N)cc3)CC2)cs1. The number of aryl methyl sites for hydroxylation is 1. The largest absolute Gasteiger partial charge is 0.388 e. The maximum atomic E-state index is 12.7. The van der Waals surface area contributed by atoms with Crippen LogP contribution in [0, 0.1) is 24.7 Å². The van der Waals surface area contributed by atoms with Gasteiger partial charge in [0.1, 0.15) is 5.69 Å². The average molecular weight is 444 g/mol. The molecule has 32 heavy (non-hydrogen) atoms. The molecule has 3 aromatic rings. The molecule has 1 aliphatic heterocycles. The quantitative estimate of drug-likeness (QED) is 0.460. The molecular formula is C25H25N5OS. The minimum absolute atomic E-state index is 0.0585. The summed E-state index contributed by atoms with van der Waals surface area (Å²) in [6.45, 7) is 4.88. The molecule has 162 valence electrons. The molecule has 0 aliphatic carbocycles. The Hall–Kier alpha value is -3.63. The van der Waals surface area contributed by atoms with Gasteiger partial charge in [-0.1, -0.05) is 18.2 Å². The Bertz CT molecular complexity index is 1180. The molecule has 2 heterocycles. The summed E-state index contributed by atoms with van der Waals surface area (Å²) >= 11 is 1.32. The first kappa shape index (κ1) is 21.6. The Morgan fingerprint density at radius 3 is 2.50 bits per heavy atom. The third-order valence-electron chi connectivity index (χ3n) is 5.80. The predicted molar refractivity (Wildman–Crippen MR) is 132 cm³/mol. The summed E-state index contributed by atoms with van der Waals surface area (Å²) in [5, 5.41) is 13.3. The van der Waals surface area contributed by atoms with Crippen molar-refractivity contribution in [3.05, 3.63) is 63.6 Å². The molecule has 2 aromatic carbocycles. The maximum absolute atomic E-state index is 12.7. The molecule has 0 spiro atoms. The van der Waals surface area contributed by atoms with Gasteiger partial charge >= 0.3 is 0 Å². The predicted octanol–water partition coefficient (Wildman–Crippen LogP) is 4.10. The summed E-state index contributed by atoms with van der Waals surface area (Å²) in [4.78, 5) is 21.0. The van der Waals surface area contributed by atoms with Crippen molar-refractivity contribution in [3.63, 3.8) is 0 Å². The van der Waals surface area contributed by atoms with Crippen LogP contribution in [0.4, 0.5) is 11.4 Å². The molecule has 0 atom stereocenters. The molecule has 0 unspecified atom stereocenters. The van der Waals surface area contributed by atoms with E-state index in [0.29, 0.717) is 23.8 Å². The molecule has 1 saturated heterocycles. The van der Waals surface area contributed by atoms with Crippen molar-refractivity contribution in [2.24, 2.45) is 0 Å². The van der Waals surface area contributed by atoms with Gasteiger partial charge in [-0.3, -0.25) is 4.79 Å². The van der Waals surface area contributed by atoms with Crippen LogP contribution in [0.1, 0.15) is 26.6 Å². The fourth-order valence-corrected chi connectivity index (χ4v) is 4.68. The van der Waals surface area contributed by atoms with E-state index in [1.165, 1.54) is 17.6 Å². The molecule has 4 rings (SSSR count). The first-order valence-electron chi connectivity index (χ1n) is 10.4. The smallest absolute Gasteiger partial charge is 0.273 e. The fraction of sp³-hybridized carbons (Fsp3) is 0.240. The van der Waals surface area contributed by atoms with Crippen molar-refractivity contribution in [2.45, 2.75) is 6.92 Å². The van der Waals surface area contributed by atoms with Gasteiger partial charge < -0.3 is 20.5 Å². The number of nitrogens with zero attached hydrogens (tertiary/aromatic N) is 3. The lowest BCUT2D eigenvalue weighted by Crippen LogP contribution is -2.48. The molecule has 7 heteroatoms. The number of carbonyl (C=O) groups is 1. The van der Waals surface area contributed by atoms with Crippen LogP contribution in [0.2, 0.25) is 0 Å². The Labute approximate surface area is 192 Å². The Balaban J connectivity index is 1.47. The topological polar surface area (TPSA) is 72.3 Å². The molecule has 1 fully saturated rings. The van der Waals surface area contributed by atoms with E-state index in [1.807, 2.05) is 18.0 Å². The van der Waals surface area contributed by atoms with E-state index in [0.717, 1.165) is 46.7 Å². The summed E-state index contributed by atoms with van der Waals surface area (Å²) in [6.07, 6.45) is 6.77. The highest BCUT2D eigenvalue weighted by Gasteiger charge is 2.24. The van der Waals surface area contributed by atoms with E-state index in [-0.39, 0.29) is 5.91 Å².